The van der Waals surface area contributed by atoms with Crippen LogP contribution in [0.2, 0.25) is 0 Å². The summed E-state index contributed by atoms with van der Waals surface area (Å²) < 4.78 is 0. The molecule has 120 valence electrons. The number of hydrogen-bond donors (Lipinski definition) is 0. The number of rotatable bonds is 13. The minimum absolute atomic E-state index is 0.530. The summed E-state index contributed by atoms with van der Waals surface area (Å²) in [7, 11) is 0. The zero-order valence-electron chi connectivity index (χ0n) is 14.8. The first-order valence-electron chi connectivity index (χ1n) is 9.21. The van der Waals surface area contributed by atoms with Crippen molar-refractivity contribution >= 4 is 0 Å². The first-order valence-corrected chi connectivity index (χ1v) is 9.21. The van der Waals surface area contributed by atoms with E-state index in [2.05, 4.69) is 39.8 Å². The Hall–Kier alpha value is -0.260. The van der Waals surface area contributed by atoms with Crippen LogP contribution in [0, 0.1) is 5.41 Å². The van der Waals surface area contributed by atoms with Gasteiger partial charge in [0.2, 0.25) is 0 Å². The van der Waals surface area contributed by atoms with Gasteiger partial charge in [-0.1, -0.05) is 91.2 Å². The van der Waals surface area contributed by atoms with Crippen molar-refractivity contribution in [3.8, 4) is 0 Å². The molecule has 0 aromatic carbocycles. The fourth-order valence-corrected chi connectivity index (χ4v) is 2.55. The van der Waals surface area contributed by atoms with Crippen LogP contribution in [-0.2, 0) is 0 Å². The van der Waals surface area contributed by atoms with Crippen molar-refractivity contribution in [3.63, 3.8) is 0 Å². The molecule has 0 fully saturated rings. The first-order chi connectivity index (χ1) is 9.56. The molecule has 0 aliphatic heterocycles. The van der Waals surface area contributed by atoms with Gasteiger partial charge in [0.15, 0.2) is 0 Å². The van der Waals surface area contributed by atoms with E-state index < -0.39 is 0 Å². The van der Waals surface area contributed by atoms with Crippen molar-refractivity contribution in [3.05, 3.63) is 12.2 Å². The van der Waals surface area contributed by atoms with Gasteiger partial charge in [-0.25, -0.2) is 0 Å². The topological polar surface area (TPSA) is 0 Å². The van der Waals surface area contributed by atoms with Gasteiger partial charge in [0.25, 0.3) is 0 Å². The molecule has 0 heterocycles. The van der Waals surface area contributed by atoms with Crippen LogP contribution in [0.25, 0.3) is 0 Å². The van der Waals surface area contributed by atoms with Crippen molar-refractivity contribution < 1.29 is 0 Å². The van der Waals surface area contributed by atoms with Crippen LogP contribution in [0.1, 0.15) is 111 Å². The Labute approximate surface area is 129 Å². The van der Waals surface area contributed by atoms with Crippen LogP contribution in [0.4, 0.5) is 0 Å². The predicted molar refractivity (Wildman–Crippen MR) is 94.3 cm³/mol. The molecule has 0 aliphatic rings. The summed E-state index contributed by atoms with van der Waals surface area (Å²) in [5, 5.41) is 0. The van der Waals surface area contributed by atoms with Crippen LogP contribution in [0.3, 0.4) is 0 Å². The summed E-state index contributed by atoms with van der Waals surface area (Å²) in [6, 6.07) is 0. The largest absolute Gasteiger partial charge is 0.0885 e. The zero-order chi connectivity index (χ0) is 15.1. The third-order valence-electron chi connectivity index (χ3n) is 3.94. The van der Waals surface area contributed by atoms with Gasteiger partial charge in [-0.15, -0.1) is 0 Å². The highest BCUT2D eigenvalue weighted by Gasteiger charge is 2.08. The lowest BCUT2D eigenvalue weighted by molar-refractivity contribution is 0.356. The van der Waals surface area contributed by atoms with E-state index in [9.17, 15) is 0 Å². The van der Waals surface area contributed by atoms with E-state index in [0.717, 1.165) is 0 Å². The molecule has 0 heteroatoms. The predicted octanol–water partition coefficient (Wildman–Crippen LogP) is 7.68. The van der Waals surface area contributed by atoms with E-state index in [0.29, 0.717) is 5.41 Å². The summed E-state index contributed by atoms with van der Waals surface area (Å²) >= 11 is 0. The molecule has 0 rings (SSSR count). The van der Waals surface area contributed by atoms with Crippen LogP contribution in [-0.4, -0.2) is 0 Å². The minimum Gasteiger partial charge on any atom is -0.0885 e. The molecule has 0 radical (unpaired) electrons. The molecule has 0 nitrogen and oxygen atoms in total. The summed E-state index contributed by atoms with van der Waals surface area (Å²) in [6.45, 7) is 9.32. The Morgan fingerprint density at radius 2 is 1.05 bits per heavy atom. The molecule has 0 saturated heterocycles. The Morgan fingerprint density at radius 1 is 0.600 bits per heavy atom. The first kappa shape index (κ1) is 19.7. The molecule has 0 saturated carbocycles. The quantitative estimate of drug-likeness (QED) is 0.240. The van der Waals surface area contributed by atoms with Crippen LogP contribution in [0.5, 0.6) is 0 Å². The van der Waals surface area contributed by atoms with Gasteiger partial charge >= 0.3 is 0 Å². The maximum absolute atomic E-state index is 2.41. The number of unbranched alkanes of at least 4 members (excludes halogenated alkanes) is 10. The molecule has 0 aliphatic carbocycles. The standard InChI is InChI=1S/C20H40/c1-5-6-7-8-9-10-11-12-13-14-15-16-17-18-19-20(2,3)4/h10-11H,5-9,12-19H2,1-4H3/b11-10-. The molecule has 0 aromatic heterocycles. The number of hydrogen-bond acceptors (Lipinski definition) is 0. The molecule has 0 unspecified atom stereocenters. The molecular formula is C20H40. The Morgan fingerprint density at radius 3 is 1.55 bits per heavy atom. The Balaban J connectivity index is 3.11. The Kier molecular flexibility index (Phi) is 13.5. The van der Waals surface area contributed by atoms with Crippen molar-refractivity contribution in [2.45, 2.75) is 111 Å². The molecule has 0 spiro atoms. The van der Waals surface area contributed by atoms with Gasteiger partial charge in [-0.2, -0.15) is 0 Å². The van der Waals surface area contributed by atoms with E-state index in [1.807, 2.05) is 0 Å². The van der Waals surface area contributed by atoms with E-state index in [-0.39, 0.29) is 0 Å². The smallest absolute Gasteiger partial charge is 0.0351 e. The van der Waals surface area contributed by atoms with Crippen molar-refractivity contribution in [2.75, 3.05) is 0 Å². The molecule has 0 bridgehead atoms. The molecule has 0 N–H and O–H groups in total. The normalized spacial score (nSPS) is 12.4. The Bertz CT molecular complexity index is 207. The third-order valence-corrected chi connectivity index (χ3v) is 3.94. The van der Waals surface area contributed by atoms with E-state index in [4.69, 9.17) is 0 Å². The molecular weight excluding hydrogens is 240 g/mol. The van der Waals surface area contributed by atoms with Crippen molar-refractivity contribution in [2.24, 2.45) is 5.41 Å². The maximum Gasteiger partial charge on any atom is -0.0351 e. The highest BCUT2D eigenvalue weighted by atomic mass is 14.1. The van der Waals surface area contributed by atoms with Gasteiger partial charge in [-0.05, 0) is 37.5 Å². The van der Waals surface area contributed by atoms with Crippen LogP contribution < -0.4 is 0 Å². The van der Waals surface area contributed by atoms with Crippen LogP contribution >= 0.6 is 0 Å². The second-order valence-corrected chi connectivity index (χ2v) is 7.54. The lowest BCUT2D eigenvalue weighted by atomic mass is 9.89. The highest BCUT2D eigenvalue weighted by molar-refractivity contribution is 4.81. The van der Waals surface area contributed by atoms with Crippen molar-refractivity contribution in [1.29, 1.82) is 0 Å². The summed E-state index contributed by atoms with van der Waals surface area (Å²) in [5.74, 6) is 0. The second-order valence-electron chi connectivity index (χ2n) is 7.54. The molecule has 0 atom stereocenters. The second kappa shape index (κ2) is 13.7. The van der Waals surface area contributed by atoms with Crippen molar-refractivity contribution in [1.82, 2.24) is 0 Å². The average molecular weight is 281 g/mol. The average Bonchev–Trinajstić information content (AvgIpc) is 2.38. The molecule has 20 heavy (non-hydrogen) atoms. The minimum atomic E-state index is 0.530. The van der Waals surface area contributed by atoms with E-state index in [1.165, 1.54) is 83.5 Å². The van der Waals surface area contributed by atoms with Gasteiger partial charge in [0.05, 0.1) is 0 Å². The lowest BCUT2D eigenvalue weighted by Crippen LogP contribution is -2.03. The lowest BCUT2D eigenvalue weighted by Gasteiger charge is -2.17. The van der Waals surface area contributed by atoms with Crippen LogP contribution in [0.15, 0.2) is 12.2 Å². The summed E-state index contributed by atoms with van der Waals surface area (Å²) in [4.78, 5) is 0. The fraction of sp³-hybridized carbons (Fsp3) is 0.900. The van der Waals surface area contributed by atoms with Gasteiger partial charge in [-0.3, -0.25) is 0 Å². The monoisotopic (exact) mass is 280 g/mol. The van der Waals surface area contributed by atoms with Gasteiger partial charge in [0.1, 0.15) is 0 Å². The molecule has 0 aromatic rings. The van der Waals surface area contributed by atoms with E-state index >= 15 is 0 Å². The maximum atomic E-state index is 2.41. The third kappa shape index (κ3) is 17.7. The van der Waals surface area contributed by atoms with Gasteiger partial charge in [0, 0.05) is 0 Å². The SMILES string of the molecule is CCCCCC/C=C\CCCCCCCCC(C)(C)C. The molecule has 0 amide bonds. The van der Waals surface area contributed by atoms with Gasteiger partial charge < -0.3 is 0 Å². The summed E-state index contributed by atoms with van der Waals surface area (Å²) in [5.41, 5.74) is 0.530. The highest BCUT2D eigenvalue weighted by Crippen LogP contribution is 2.22. The number of allylic oxidation sites excluding steroid dienone is 2. The zero-order valence-corrected chi connectivity index (χ0v) is 14.8. The van der Waals surface area contributed by atoms with E-state index in [1.54, 1.807) is 0 Å². The summed E-state index contributed by atoms with van der Waals surface area (Å²) in [6.07, 6.45) is 22.9. The fourth-order valence-electron chi connectivity index (χ4n) is 2.55.